The Bertz CT molecular complexity index is 1350. The maximum absolute atomic E-state index is 13.4. The van der Waals surface area contributed by atoms with Crippen molar-refractivity contribution in [3.8, 4) is 11.4 Å². The number of hydrogen-bond donors (Lipinski definition) is 1. The lowest BCUT2D eigenvalue weighted by Crippen LogP contribution is -2.24. The molecule has 4 aromatic rings. The summed E-state index contributed by atoms with van der Waals surface area (Å²) >= 11 is 1.37. The van der Waals surface area contributed by atoms with Crippen molar-refractivity contribution in [1.82, 2.24) is 29.9 Å². The van der Waals surface area contributed by atoms with Crippen LogP contribution < -0.4 is 5.32 Å². The highest BCUT2D eigenvalue weighted by atomic mass is 32.2. The maximum Gasteiger partial charge on any atom is 0.416 e. The third-order valence-corrected chi connectivity index (χ3v) is 6.92. The van der Waals surface area contributed by atoms with Gasteiger partial charge in [0.1, 0.15) is 0 Å². The summed E-state index contributed by atoms with van der Waals surface area (Å²) in [7, 11) is 0. The molecule has 12 heteroatoms. The highest BCUT2D eigenvalue weighted by Crippen LogP contribution is 2.32. The van der Waals surface area contributed by atoms with Crippen LogP contribution in [0.25, 0.3) is 11.4 Å². The minimum Gasteiger partial charge on any atom is -0.377 e. The highest BCUT2D eigenvalue weighted by Gasteiger charge is 2.31. The van der Waals surface area contributed by atoms with Gasteiger partial charge in [0.05, 0.1) is 29.6 Å². The monoisotopic (exact) mass is 528 g/mol. The predicted octanol–water partition coefficient (Wildman–Crippen LogP) is 4.67. The number of ether oxygens (including phenoxy) is 1. The maximum atomic E-state index is 13.4. The fraction of sp³-hybridized carbons (Fsp3) is 0.280. The number of rotatable bonds is 8. The fourth-order valence-electron chi connectivity index (χ4n) is 3.98. The Hall–Kier alpha value is -3.64. The van der Waals surface area contributed by atoms with Gasteiger partial charge in [-0.2, -0.15) is 18.3 Å². The first-order valence-electron chi connectivity index (χ1n) is 11.6. The van der Waals surface area contributed by atoms with E-state index >= 15 is 0 Å². The lowest BCUT2D eigenvalue weighted by molar-refractivity contribution is -0.137. The highest BCUT2D eigenvalue weighted by molar-refractivity contribution is 7.99. The van der Waals surface area contributed by atoms with E-state index in [4.69, 9.17) is 4.74 Å². The average Bonchev–Trinajstić information content (AvgIpc) is 3.68. The second-order valence-corrected chi connectivity index (χ2v) is 9.40. The molecule has 2 aromatic carbocycles. The van der Waals surface area contributed by atoms with Crippen molar-refractivity contribution in [2.75, 3.05) is 12.4 Å². The molecule has 8 nitrogen and oxygen atoms in total. The smallest absolute Gasteiger partial charge is 0.377 e. The molecule has 0 aliphatic carbocycles. The molecule has 1 fully saturated rings. The summed E-state index contributed by atoms with van der Waals surface area (Å²) in [5, 5.41) is 15.8. The summed E-state index contributed by atoms with van der Waals surface area (Å²) in [5.74, 6) is 0.571. The quantitative estimate of drug-likeness (QED) is 0.335. The number of hydrogen-bond acceptors (Lipinski definition) is 6. The van der Waals surface area contributed by atoms with E-state index in [0.717, 1.165) is 30.7 Å². The van der Waals surface area contributed by atoms with E-state index in [-0.39, 0.29) is 24.2 Å². The second kappa shape index (κ2) is 10.8. The van der Waals surface area contributed by atoms with E-state index in [1.54, 1.807) is 58.0 Å². The Labute approximate surface area is 214 Å². The normalized spacial score (nSPS) is 15.7. The van der Waals surface area contributed by atoms with E-state index in [2.05, 4.69) is 20.6 Å². The van der Waals surface area contributed by atoms with Crippen LogP contribution in [0.15, 0.2) is 72.1 Å². The van der Waals surface area contributed by atoms with Crippen molar-refractivity contribution in [1.29, 1.82) is 0 Å². The summed E-state index contributed by atoms with van der Waals surface area (Å²) in [6.45, 7) is 0.676. The molecule has 1 unspecified atom stereocenters. The summed E-state index contributed by atoms with van der Waals surface area (Å²) < 4.78 is 49.1. The minimum atomic E-state index is -4.49. The molecular formula is C25H23F3N6O2S. The number of thioether (sulfide) groups is 1. The van der Waals surface area contributed by atoms with Gasteiger partial charge in [-0.25, -0.2) is 4.68 Å². The van der Waals surface area contributed by atoms with Crippen molar-refractivity contribution in [2.24, 2.45) is 0 Å². The van der Waals surface area contributed by atoms with Crippen molar-refractivity contribution in [3.05, 3.63) is 83.9 Å². The van der Waals surface area contributed by atoms with E-state index in [0.29, 0.717) is 28.9 Å². The fourth-order valence-corrected chi connectivity index (χ4v) is 5.02. The molecule has 192 valence electrons. The van der Waals surface area contributed by atoms with Crippen LogP contribution in [-0.2, 0) is 17.5 Å². The van der Waals surface area contributed by atoms with Crippen LogP contribution in [0.2, 0.25) is 0 Å². The molecule has 1 saturated heterocycles. The van der Waals surface area contributed by atoms with Crippen LogP contribution in [0.4, 0.5) is 13.2 Å². The zero-order valence-corrected chi connectivity index (χ0v) is 20.4. The Morgan fingerprint density at radius 3 is 2.65 bits per heavy atom. The van der Waals surface area contributed by atoms with Crippen LogP contribution in [0.5, 0.6) is 0 Å². The Morgan fingerprint density at radius 1 is 1.11 bits per heavy atom. The van der Waals surface area contributed by atoms with Crippen molar-refractivity contribution < 1.29 is 22.7 Å². The zero-order chi connectivity index (χ0) is 25.8. The molecule has 2 aromatic heterocycles. The predicted molar refractivity (Wildman–Crippen MR) is 131 cm³/mol. The van der Waals surface area contributed by atoms with Crippen molar-refractivity contribution in [2.45, 2.75) is 36.8 Å². The van der Waals surface area contributed by atoms with Gasteiger partial charge in [0, 0.05) is 30.3 Å². The van der Waals surface area contributed by atoms with Gasteiger partial charge in [0.25, 0.3) is 5.91 Å². The number of aromatic nitrogens is 5. The Balaban J connectivity index is 1.36. The number of halogens is 3. The number of carbonyl (C=O) groups excluding carboxylic acids is 1. The first-order chi connectivity index (χ1) is 17.9. The van der Waals surface area contributed by atoms with E-state index in [1.807, 2.05) is 0 Å². The molecule has 3 heterocycles. The van der Waals surface area contributed by atoms with Crippen LogP contribution >= 0.6 is 11.8 Å². The molecule has 1 amide bonds. The molecule has 37 heavy (non-hydrogen) atoms. The zero-order valence-electron chi connectivity index (χ0n) is 19.6. The molecule has 0 radical (unpaired) electrons. The number of nitrogens with zero attached hydrogens (tertiary/aromatic N) is 5. The standard InChI is InChI=1S/C25H23F3N6O2S/c26-25(27,28)18-4-1-5-20(14-18)34-22(31-32-24(34)37-16-21-6-2-13-36-21)15-29-23(35)17-7-9-19(10-8-17)33-12-3-11-30-33/h1,3-5,7-12,14,21H,2,6,13,15-16H2,(H,29,35). The van der Waals surface area contributed by atoms with Crippen LogP contribution in [0.1, 0.15) is 34.6 Å². The Kier molecular flexibility index (Phi) is 7.28. The third kappa shape index (κ3) is 5.86. The second-order valence-electron chi connectivity index (χ2n) is 8.41. The van der Waals surface area contributed by atoms with Crippen LogP contribution in [0.3, 0.4) is 0 Å². The largest absolute Gasteiger partial charge is 0.416 e. The molecule has 5 rings (SSSR count). The van der Waals surface area contributed by atoms with Gasteiger partial charge in [-0.1, -0.05) is 17.8 Å². The van der Waals surface area contributed by atoms with E-state index in [1.165, 1.54) is 17.8 Å². The van der Waals surface area contributed by atoms with Gasteiger partial charge in [-0.15, -0.1) is 10.2 Å². The van der Waals surface area contributed by atoms with E-state index < -0.39 is 11.7 Å². The van der Waals surface area contributed by atoms with Gasteiger partial charge in [-0.05, 0) is 61.4 Å². The molecule has 1 atom stereocenters. The van der Waals surface area contributed by atoms with Gasteiger partial charge < -0.3 is 10.1 Å². The topological polar surface area (TPSA) is 86.9 Å². The first kappa shape index (κ1) is 25.0. The third-order valence-electron chi connectivity index (χ3n) is 5.86. The van der Waals surface area contributed by atoms with Gasteiger partial charge in [-0.3, -0.25) is 9.36 Å². The van der Waals surface area contributed by atoms with E-state index in [9.17, 15) is 18.0 Å². The van der Waals surface area contributed by atoms with Crippen molar-refractivity contribution in [3.63, 3.8) is 0 Å². The number of nitrogens with one attached hydrogen (secondary N) is 1. The molecule has 0 spiro atoms. The van der Waals surface area contributed by atoms with Gasteiger partial charge in [0.2, 0.25) is 0 Å². The lowest BCUT2D eigenvalue weighted by Gasteiger charge is -2.14. The molecule has 0 saturated carbocycles. The molecule has 1 aliphatic rings. The summed E-state index contributed by atoms with van der Waals surface area (Å²) in [6.07, 6.45) is 0.924. The molecule has 1 aliphatic heterocycles. The number of benzene rings is 2. The number of carbonyl (C=O) groups is 1. The molecule has 0 bridgehead atoms. The SMILES string of the molecule is O=C(NCc1nnc(SCC2CCCO2)n1-c1cccc(C(F)(F)F)c1)c1ccc(-n2cccn2)cc1. The first-order valence-corrected chi connectivity index (χ1v) is 12.6. The van der Waals surface area contributed by atoms with Gasteiger partial charge in [0.15, 0.2) is 11.0 Å². The minimum absolute atomic E-state index is 0.0243. The lowest BCUT2D eigenvalue weighted by atomic mass is 10.2. The van der Waals surface area contributed by atoms with Gasteiger partial charge >= 0.3 is 6.18 Å². The van der Waals surface area contributed by atoms with Crippen LogP contribution in [-0.4, -0.2) is 48.9 Å². The van der Waals surface area contributed by atoms with Crippen molar-refractivity contribution >= 4 is 17.7 Å². The molecule has 1 N–H and O–H groups in total. The number of alkyl halides is 3. The Morgan fingerprint density at radius 2 is 1.95 bits per heavy atom. The number of amides is 1. The molecular weight excluding hydrogens is 505 g/mol. The average molecular weight is 529 g/mol. The summed E-state index contributed by atoms with van der Waals surface area (Å²) in [6, 6.07) is 13.7. The van der Waals surface area contributed by atoms with Crippen LogP contribution in [0, 0.1) is 0 Å². The summed E-state index contributed by atoms with van der Waals surface area (Å²) in [5.41, 5.74) is 0.719. The summed E-state index contributed by atoms with van der Waals surface area (Å²) in [4.78, 5) is 12.8.